The molecule has 1 aliphatic rings. The predicted molar refractivity (Wildman–Crippen MR) is 59.5 cm³/mol. The maximum absolute atomic E-state index is 12.0. The molecule has 0 radical (unpaired) electrons. The molecule has 0 saturated carbocycles. The van der Waals surface area contributed by atoms with Crippen LogP contribution in [0.4, 0.5) is 0 Å². The fourth-order valence-corrected chi connectivity index (χ4v) is 3.65. The van der Waals surface area contributed by atoms with E-state index in [1.54, 1.807) is 0 Å². The van der Waals surface area contributed by atoms with Crippen LogP contribution in [-0.2, 0) is 9.92 Å². The quantitative estimate of drug-likeness (QED) is 0.774. The first-order chi connectivity index (χ1) is 6.05. The average molecular weight is 222 g/mol. The van der Waals surface area contributed by atoms with Gasteiger partial charge in [-0.2, -0.15) is 11.8 Å². The third kappa shape index (κ3) is 2.86. The van der Waals surface area contributed by atoms with E-state index in [-0.39, 0.29) is 5.25 Å². The lowest BCUT2D eigenvalue weighted by Crippen LogP contribution is -2.36. The first-order valence-corrected chi connectivity index (χ1v) is 7.39. The molecule has 1 aliphatic heterocycles. The molecule has 3 nitrogen and oxygen atoms in total. The highest BCUT2D eigenvalue weighted by Crippen LogP contribution is 2.16. The van der Waals surface area contributed by atoms with Gasteiger partial charge in [-0.15, -0.1) is 0 Å². The number of hydrogen-bond acceptors (Lipinski definition) is 3. The molecule has 1 unspecified atom stereocenters. The number of thioether (sulfide) groups is 1. The zero-order valence-electron chi connectivity index (χ0n) is 8.28. The van der Waals surface area contributed by atoms with E-state index in [1.807, 2.05) is 29.9 Å². The Morgan fingerprint density at radius 3 is 2.69 bits per heavy atom. The topological polar surface area (TPSA) is 44.2 Å². The summed E-state index contributed by atoms with van der Waals surface area (Å²) in [5.41, 5.74) is 0. The van der Waals surface area contributed by atoms with Crippen LogP contribution in [0.25, 0.3) is 0 Å². The van der Waals surface area contributed by atoms with E-state index in [2.05, 4.69) is 0 Å². The van der Waals surface area contributed by atoms with Gasteiger partial charge in [0.1, 0.15) is 9.92 Å². The minimum absolute atomic E-state index is 0.0596. The SMILES string of the molecule is CC(C)S(=N)(=O)N1CCCSCC1. The fourth-order valence-electron chi connectivity index (χ4n) is 1.29. The van der Waals surface area contributed by atoms with E-state index in [4.69, 9.17) is 4.78 Å². The Morgan fingerprint density at radius 1 is 1.38 bits per heavy atom. The second kappa shape index (κ2) is 4.66. The third-order valence-electron chi connectivity index (χ3n) is 2.20. The van der Waals surface area contributed by atoms with Gasteiger partial charge in [0.2, 0.25) is 0 Å². The summed E-state index contributed by atoms with van der Waals surface area (Å²) in [6, 6.07) is 0. The van der Waals surface area contributed by atoms with Gasteiger partial charge in [0.15, 0.2) is 0 Å². The van der Waals surface area contributed by atoms with Crippen LogP contribution < -0.4 is 0 Å². The zero-order valence-corrected chi connectivity index (χ0v) is 9.92. The number of nitrogens with one attached hydrogen (secondary N) is 1. The Morgan fingerprint density at radius 2 is 2.08 bits per heavy atom. The van der Waals surface area contributed by atoms with Crippen molar-refractivity contribution in [1.29, 1.82) is 4.78 Å². The van der Waals surface area contributed by atoms with Crippen molar-refractivity contribution >= 4 is 21.7 Å². The maximum Gasteiger partial charge on any atom is 0.110 e. The molecule has 1 fully saturated rings. The lowest BCUT2D eigenvalue weighted by Gasteiger charge is -2.24. The highest BCUT2D eigenvalue weighted by Gasteiger charge is 2.22. The first-order valence-electron chi connectivity index (χ1n) is 4.65. The van der Waals surface area contributed by atoms with Crippen LogP contribution in [0.2, 0.25) is 0 Å². The number of hydrogen-bond donors (Lipinski definition) is 1. The van der Waals surface area contributed by atoms with E-state index in [0.29, 0.717) is 0 Å². The first kappa shape index (κ1) is 11.3. The van der Waals surface area contributed by atoms with Crippen LogP contribution in [0.3, 0.4) is 0 Å². The number of nitrogens with zero attached hydrogens (tertiary/aromatic N) is 1. The van der Waals surface area contributed by atoms with Gasteiger partial charge in [-0.1, -0.05) is 0 Å². The standard InChI is InChI=1S/C8H18N2OS2/c1-8(2)13(9,11)10-4-3-6-12-7-5-10/h8-9H,3-7H2,1-2H3. The van der Waals surface area contributed by atoms with Gasteiger partial charge in [0.25, 0.3) is 0 Å². The summed E-state index contributed by atoms with van der Waals surface area (Å²) in [5, 5.41) is -0.0596. The molecular weight excluding hydrogens is 204 g/mol. The van der Waals surface area contributed by atoms with Gasteiger partial charge >= 0.3 is 0 Å². The average Bonchev–Trinajstić information content (AvgIpc) is 2.31. The molecule has 1 atom stereocenters. The summed E-state index contributed by atoms with van der Waals surface area (Å²) in [4.78, 5) is 0. The lowest BCUT2D eigenvalue weighted by molar-refractivity contribution is 0.462. The van der Waals surface area contributed by atoms with E-state index in [0.717, 1.165) is 31.0 Å². The zero-order chi connectivity index (χ0) is 9.90. The van der Waals surface area contributed by atoms with E-state index in [1.165, 1.54) is 0 Å². The molecule has 78 valence electrons. The van der Waals surface area contributed by atoms with Crippen molar-refractivity contribution < 1.29 is 4.21 Å². The van der Waals surface area contributed by atoms with Crippen molar-refractivity contribution in [2.45, 2.75) is 25.5 Å². The summed E-state index contributed by atoms with van der Waals surface area (Å²) in [7, 11) is -2.50. The summed E-state index contributed by atoms with van der Waals surface area (Å²) in [6.45, 7) is 5.37. The van der Waals surface area contributed by atoms with Gasteiger partial charge in [0, 0.05) is 18.8 Å². The molecule has 1 saturated heterocycles. The summed E-state index contributed by atoms with van der Waals surface area (Å²) < 4.78 is 21.7. The summed E-state index contributed by atoms with van der Waals surface area (Å²) in [5.74, 6) is 2.16. The van der Waals surface area contributed by atoms with Gasteiger partial charge in [-0.3, -0.25) is 0 Å². The van der Waals surface area contributed by atoms with Crippen LogP contribution in [-0.4, -0.2) is 38.4 Å². The maximum atomic E-state index is 12.0. The van der Waals surface area contributed by atoms with Gasteiger partial charge < -0.3 is 0 Å². The van der Waals surface area contributed by atoms with Gasteiger partial charge in [0.05, 0.1) is 5.25 Å². The van der Waals surface area contributed by atoms with Crippen molar-refractivity contribution in [3.05, 3.63) is 0 Å². The lowest BCUT2D eigenvalue weighted by atomic mass is 10.5. The van der Waals surface area contributed by atoms with Crippen LogP contribution in [0.1, 0.15) is 20.3 Å². The van der Waals surface area contributed by atoms with Crippen molar-refractivity contribution in [3.63, 3.8) is 0 Å². The van der Waals surface area contributed by atoms with Crippen molar-refractivity contribution in [2.75, 3.05) is 24.6 Å². The molecule has 5 heteroatoms. The van der Waals surface area contributed by atoms with Gasteiger partial charge in [-0.05, 0) is 26.0 Å². The number of rotatable bonds is 2. The molecule has 0 bridgehead atoms. The minimum atomic E-state index is -2.50. The molecule has 0 aliphatic carbocycles. The van der Waals surface area contributed by atoms with Crippen LogP contribution in [0.5, 0.6) is 0 Å². The second-order valence-electron chi connectivity index (χ2n) is 3.51. The van der Waals surface area contributed by atoms with E-state index >= 15 is 0 Å². The normalized spacial score (nSPS) is 25.5. The molecule has 1 rings (SSSR count). The Balaban J connectivity index is 2.69. The molecule has 1 heterocycles. The molecule has 0 spiro atoms. The largest absolute Gasteiger partial charge is 0.240 e. The van der Waals surface area contributed by atoms with Crippen LogP contribution >= 0.6 is 11.8 Å². The van der Waals surface area contributed by atoms with Crippen molar-refractivity contribution in [2.24, 2.45) is 0 Å². The smallest absolute Gasteiger partial charge is 0.110 e. The fraction of sp³-hybridized carbons (Fsp3) is 1.00. The highest BCUT2D eigenvalue weighted by molar-refractivity contribution is 7.99. The molecule has 0 aromatic carbocycles. The van der Waals surface area contributed by atoms with Crippen LogP contribution in [0, 0.1) is 4.78 Å². The predicted octanol–water partition coefficient (Wildman–Crippen LogP) is 1.80. The Kier molecular flexibility index (Phi) is 4.06. The molecular formula is C8H18N2OS2. The van der Waals surface area contributed by atoms with E-state index < -0.39 is 9.92 Å². The second-order valence-corrected chi connectivity index (χ2v) is 7.33. The third-order valence-corrected chi connectivity index (χ3v) is 5.66. The summed E-state index contributed by atoms with van der Waals surface area (Å²) >= 11 is 1.90. The minimum Gasteiger partial charge on any atom is -0.240 e. The van der Waals surface area contributed by atoms with Crippen molar-refractivity contribution in [3.8, 4) is 0 Å². The van der Waals surface area contributed by atoms with E-state index in [9.17, 15) is 4.21 Å². The molecule has 0 aromatic rings. The Bertz CT molecular complexity index is 241. The highest BCUT2D eigenvalue weighted by atomic mass is 32.2. The van der Waals surface area contributed by atoms with Crippen molar-refractivity contribution in [1.82, 2.24) is 4.31 Å². The monoisotopic (exact) mass is 222 g/mol. The van der Waals surface area contributed by atoms with Crippen LogP contribution in [0.15, 0.2) is 0 Å². The summed E-state index contributed by atoms with van der Waals surface area (Å²) in [6.07, 6.45) is 1.06. The molecule has 0 amide bonds. The molecule has 1 N–H and O–H groups in total. The van der Waals surface area contributed by atoms with Gasteiger partial charge in [-0.25, -0.2) is 13.3 Å². The Hall–Kier alpha value is 0.260. The Labute approximate surface area is 85.4 Å². The molecule has 13 heavy (non-hydrogen) atoms. The molecule has 0 aromatic heterocycles.